The molecule has 23 heavy (non-hydrogen) atoms. The number of amides is 1. The van der Waals surface area contributed by atoms with Gasteiger partial charge in [-0.1, -0.05) is 18.6 Å². The van der Waals surface area contributed by atoms with Crippen LogP contribution in [0.15, 0.2) is 23.8 Å². The normalized spacial score (nSPS) is 22.6. The fraction of sp³-hybridized carbons (Fsp3) is 0.412. The third-order valence-electron chi connectivity index (χ3n) is 4.37. The van der Waals surface area contributed by atoms with E-state index in [2.05, 4.69) is 5.32 Å². The van der Waals surface area contributed by atoms with Crippen LogP contribution in [0.25, 0.3) is 6.08 Å². The van der Waals surface area contributed by atoms with E-state index in [1.807, 2.05) is 12.1 Å². The van der Waals surface area contributed by atoms with E-state index in [0.717, 1.165) is 12.0 Å². The molecule has 0 bridgehead atoms. The highest BCUT2D eigenvalue weighted by atomic mass is 16.5. The van der Waals surface area contributed by atoms with Crippen molar-refractivity contribution in [3.63, 3.8) is 0 Å². The molecule has 1 heterocycles. The number of methoxy groups -OCH3 is 1. The number of para-hydroxylation sites is 1. The maximum Gasteiger partial charge on any atom is 0.308 e. The summed E-state index contributed by atoms with van der Waals surface area (Å²) in [5, 5.41) is 12.0. The number of hydrogen-bond donors (Lipinski definition) is 2. The molecule has 6 heteroatoms. The Morgan fingerprint density at radius 3 is 2.91 bits per heavy atom. The number of carboxylic acid groups (broad SMARTS) is 1. The van der Waals surface area contributed by atoms with Gasteiger partial charge in [-0.15, -0.1) is 0 Å². The zero-order chi connectivity index (χ0) is 16.4. The summed E-state index contributed by atoms with van der Waals surface area (Å²) in [6, 6.07) is 5.16. The van der Waals surface area contributed by atoms with Gasteiger partial charge in [0.25, 0.3) is 5.91 Å². The Bertz CT molecular complexity index is 667. The Kier molecular flexibility index (Phi) is 4.23. The Balaban J connectivity index is 1.76. The fourth-order valence-electron chi connectivity index (χ4n) is 3.16. The van der Waals surface area contributed by atoms with Gasteiger partial charge in [-0.25, -0.2) is 0 Å². The summed E-state index contributed by atoms with van der Waals surface area (Å²) in [5.41, 5.74) is 1.27. The van der Waals surface area contributed by atoms with Crippen molar-refractivity contribution in [1.29, 1.82) is 0 Å². The van der Waals surface area contributed by atoms with Gasteiger partial charge in [0, 0.05) is 11.6 Å². The molecule has 1 aliphatic carbocycles. The standard InChI is InChI=1S/C17H19NO5/c1-22-14-7-2-4-10-8-11(9-23-15(10)14)16(19)18-13-6-3-5-12(13)17(20)21/h2,4,7-8,12-13H,3,5-6,9H2,1H3,(H,18,19)(H,20,21)/t12-,13+/m0/s1. The predicted octanol–water partition coefficient (Wildman–Crippen LogP) is 1.84. The topological polar surface area (TPSA) is 84.9 Å². The molecule has 0 aromatic heterocycles. The number of hydrogen-bond acceptors (Lipinski definition) is 4. The molecule has 122 valence electrons. The van der Waals surface area contributed by atoms with Crippen molar-refractivity contribution in [2.45, 2.75) is 25.3 Å². The number of carbonyl (C=O) groups excluding carboxylic acids is 1. The van der Waals surface area contributed by atoms with Crippen LogP contribution in [0.3, 0.4) is 0 Å². The molecule has 1 saturated carbocycles. The lowest BCUT2D eigenvalue weighted by molar-refractivity contribution is -0.142. The first-order valence-electron chi connectivity index (χ1n) is 7.64. The molecule has 1 aromatic carbocycles. The Morgan fingerprint density at radius 2 is 2.17 bits per heavy atom. The number of nitrogens with one attached hydrogen (secondary N) is 1. The van der Waals surface area contributed by atoms with Crippen molar-refractivity contribution < 1.29 is 24.2 Å². The zero-order valence-electron chi connectivity index (χ0n) is 12.9. The van der Waals surface area contributed by atoms with E-state index in [4.69, 9.17) is 9.47 Å². The van der Waals surface area contributed by atoms with Crippen LogP contribution in [-0.2, 0) is 9.59 Å². The van der Waals surface area contributed by atoms with Crippen molar-refractivity contribution >= 4 is 18.0 Å². The average Bonchev–Trinajstić information content (AvgIpc) is 3.02. The molecular formula is C17H19NO5. The molecular weight excluding hydrogens is 298 g/mol. The van der Waals surface area contributed by atoms with E-state index in [-0.39, 0.29) is 18.6 Å². The third kappa shape index (κ3) is 3.02. The number of benzene rings is 1. The minimum absolute atomic E-state index is 0.143. The van der Waals surface area contributed by atoms with E-state index < -0.39 is 11.9 Å². The Hall–Kier alpha value is -2.50. The molecule has 1 amide bonds. The molecule has 0 spiro atoms. The van der Waals surface area contributed by atoms with Gasteiger partial charge in [0.05, 0.1) is 18.6 Å². The maximum absolute atomic E-state index is 12.4. The minimum Gasteiger partial charge on any atom is -0.493 e. The van der Waals surface area contributed by atoms with Crippen molar-refractivity contribution in [3.05, 3.63) is 29.3 Å². The summed E-state index contributed by atoms with van der Waals surface area (Å²) in [5.74, 6) is -0.374. The lowest BCUT2D eigenvalue weighted by Gasteiger charge is -2.22. The van der Waals surface area contributed by atoms with E-state index in [0.29, 0.717) is 29.9 Å². The SMILES string of the molecule is COc1cccc2c1OCC(C(=O)N[C@@H]1CCC[C@@H]1C(=O)O)=C2. The largest absolute Gasteiger partial charge is 0.493 e. The molecule has 6 nitrogen and oxygen atoms in total. The number of carboxylic acids is 1. The van der Waals surface area contributed by atoms with Crippen LogP contribution in [0, 0.1) is 5.92 Å². The molecule has 2 aliphatic rings. The first-order chi connectivity index (χ1) is 11.1. The second kappa shape index (κ2) is 6.32. The summed E-state index contributed by atoms with van der Waals surface area (Å²) < 4.78 is 10.9. The molecule has 1 aromatic rings. The summed E-state index contributed by atoms with van der Waals surface area (Å²) >= 11 is 0. The quantitative estimate of drug-likeness (QED) is 0.885. The lowest BCUT2D eigenvalue weighted by atomic mass is 10.0. The van der Waals surface area contributed by atoms with Crippen LogP contribution in [-0.4, -0.2) is 36.7 Å². The molecule has 2 N–H and O–H groups in total. The molecule has 0 saturated heterocycles. The molecule has 0 unspecified atom stereocenters. The lowest BCUT2D eigenvalue weighted by Crippen LogP contribution is -2.41. The van der Waals surface area contributed by atoms with Gasteiger partial charge in [-0.05, 0) is 25.0 Å². The highest BCUT2D eigenvalue weighted by Crippen LogP contribution is 2.35. The summed E-state index contributed by atoms with van der Waals surface area (Å²) in [6.07, 6.45) is 3.88. The number of rotatable bonds is 4. The summed E-state index contributed by atoms with van der Waals surface area (Å²) in [6.45, 7) is 0.143. The highest BCUT2D eigenvalue weighted by Gasteiger charge is 2.34. The fourth-order valence-corrected chi connectivity index (χ4v) is 3.16. The van der Waals surface area contributed by atoms with Gasteiger partial charge >= 0.3 is 5.97 Å². The average molecular weight is 317 g/mol. The van der Waals surface area contributed by atoms with Gasteiger partial charge in [-0.2, -0.15) is 0 Å². The van der Waals surface area contributed by atoms with Crippen LogP contribution in [0.4, 0.5) is 0 Å². The molecule has 3 rings (SSSR count). The van der Waals surface area contributed by atoms with Gasteiger partial charge in [0.1, 0.15) is 6.61 Å². The second-order valence-corrected chi connectivity index (χ2v) is 5.79. The number of fused-ring (bicyclic) bond motifs is 1. The number of carbonyl (C=O) groups is 2. The number of ether oxygens (including phenoxy) is 2. The second-order valence-electron chi connectivity index (χ2n) is 5.79. The van der Waals surface area contributed by atoms with Crippen LogP contribution >= 0.6 is 0 Å². The van der Waals surface area contributed by atoms with E-state index >= 15 is 0 Å². The molecule has 1 fully saturated rings. The molecule has 1 aliphatic heterocycles. The Morgan fingerprint density at radius 1 is 1.35 bits per heavy atom. The van der Waals surface area contributed by atoms with Crippen molar-refractivity contribution in [2.75, 3.05) is 13.7 Å². The van der Waals surface area contributed by atoms with Gasteiger partial charge in [0.2, 0.25) is 0 Å². The zero-order valence-corrected chi connectivity index (χ0v) is 12.9. The molecule has 2 atom stereocenters. The predicted molar refractivity (Wildman–Crippen MR) is 83.4 cm³/mol. The molecule has 0 radical (unpaired) electrons. The van der Waals surface area contributed by atoms with E-state index in [9.17, 15) is 14.7 Å². The van der Waals surface area contributed by atoms with Gasteiger partial charge in [0.15, 0.2) is 11.5 Å². The summed E-state index contributed by atoms with van der Waals surface area (Å²) in [4.78, 5) is 23.6. The van der Waals surface area contributed by atoms with E-state index in [1.165, 1.54) is 0 Å². The Labute approximate surface area is 134 Å². The van der Waals surface area contributed by atoms with Crippen LogP contribution in [0.5, 0.6) is 11.5 Å². The van der Waals surface area contributed by atoms with Gasteiger partial charge in [-0.3, -0.25) is 9.59 Å². The first-order valence-corrected chi connectivity index (χ1v) is 7.64. The van der Waals surface area contributed by atoms with Crippen molar-refractivity contribution in [2.24, 2.45) is 5.92 Å². The minimum atomic E-state index is -0.850. The van der Waals surface area contributed by atoms with Gasteiger partial charge < -0.3 is 19.9 Å². The van der Waals surface area contributed by atoms with Crippen LogP contribution in [0.2, 0.25) is 0 Å². The van der Waals surface area contributed by atoms with Crippen LogP contribution in [0.1, 0.15) is 24.8 Å². The van der Waals surface area contributed by atoms with E-state index in [1.54, 1.807) is 19.3 Å². The first kappa shape index (κ1) is 15.4. The monoisotopic (exact) mass is 317 g/mol. The number of aliphatic carboxylic acids is 1. The maximum atomic E-state index is 12.4. The van der Waals surface area contributed by atoms with Crippen molar-refractivity contribution in [3.8, 4) is 11.5 Å². The smallest absolute Gasteiger partial charge is 0.308 e. The third-order valence-corrected chi connectivity index (χ3v) is 4.37. The highest BCUT2D eigenvalue weighted by molar-refractivity contribution is 5.99. The van der Waals surface area contributed by atoms with Crippen LogP contribution < -0.4 is 14.8 Å². The van der Waals surface area contributed by atoms with Crippen molar-refractivity contribution in [1.82, 2.24) is 5.32 Å². The summed E-state index contributed by atoms with van der Waals surface area (Å²) in [7, 11) is 1.57.